The highest BCUT2D eigenvalue weighted by molar-refractivity contribution is 6.10. The molecule has 0 unspecified atom stereocenters. The molecule has 0 aromatic heterocycles. The molecule has 7 heteroatoms. The van der Waals surface area contributed by atoms with E-state index in [9.17, 15) is 19.7 Å². The molecule has 0 saturated carbocycles. The van der Waals surface area contributed by atoms with E-state index in [0.717, 1.165) is 0 Å². The van der Waals surface area contributed by atoms with Crippen LogP contribution in [0.3, 0.4) is 0 Å². The summed E-state index contributed by atoms with van der Waals surface area (Å²) in [6.07, 6.45) is 1.56. The second-order valence-electron chi connectivity index (χ2n) is 6.73. The average Bonchev–Trinajstić information content (AvgIpc) is 3.23. The maximum Gasteiger partial charge on any atom is 0.336 e. The second kappa shape index (κ2) is 6.60. The third-order valence-electron chi connectivity index (χ3n) is 5.34. The van der Waals surface area contributed by atoms with Gasteiger partial charge in [0.2, 0.25) is 0 Å². The second-order valence-corrected chi connectivity index (χ2v) is 6.73. The van der Waals surface area contributed by atoms with Gasteiger partial charge < -0.3 is 4.74 Å². The summed E-state index contributed by atoms with van der Waals surface area (Å²) in [6.45, 7) is 1.82. The van der Waals surface area contributed by atoms with Crippen molar-refractivity contribution in [3.05, 3.63) is 87.5 Å². The number of nitrogens with zero attached hydrogens (tertiary/aromatic N) is 2. The van der Waals surface area contributed by atoms with Gasteiger partial charge in [-0.1, -0.05) is 36.4 Å². The Kier molecular flexibility index (Phi) is 4.22. The van der Waals surface area contributed by atoms with E-state index in [0.29, 0.717) is 16.8 Å². The van der Waals surface area contributed by atoms with E-state index in [1.807, 2.05) is 0 Å². The smallest absolute Gasteiger partial charge is 0.336 e. The molecule has 142 valence electrons. The van der Waals surface area contributed by atoms with Crippen molar-refractivity contribution in [2.75, 3.05) is 11.5 Å². The molecule has 0 fully saturated rings. The average molecular weight is 378 g/mol. The summed E-state index contributed by atoms with van der Waals surface area (Å²) in [4.78, 5) is 39.2. The molecule has 1 aliphatic carbocycles. The van der Waals surface area contributed by atoms with Crippen molar-refractivity contribution in [1.29, 1.82) is 0 Å². The number of ether oxygens (including phenoxy) is 1. The Bertz CT molecular complexity index is 1000. The van der Waals surface area contributed by atoms with Crippen molar-refractivity contribution in [3.8, 4) is 0 Å². The van der Waals surface area contributed by atoms with Gasteiger partial charge in [-0.25, -0.2) is 4.79 Å². The molecular weight excluding hydrogens is 360 g/mol. The summed E-state index contributed by atoms with van der Waals surface area (Å²) in [7, 11) is 0. The fraction of sp³-hybridized carbons (Fsp3) is 0.238. The minimum absolute atomic E-state index is 0.0222. The SMILES string of the molecule is CCOC(=O)C1=CC[C@]2([N+](=O)[O-])c3ccccc3N(C(=O)c3ccccc3)[C@H]12. The maximum atomic E-state index is 13.4. The van der Waals surface area contributed by atoms with Crippen LogP contribution in [0.15, 0.2) is 66.2 Å². The molecular formula is C21H18N2O5. The number of hydrogen-bond acceptors (Lipinski definition) is 5. The summed E-state index contributed by atoms with van der Waals surface area (Å²) in [5, 5.41) is 12.3. The van der Waals surface area contributed by atoms with Crippen LogP contribution < -0.4 is 4.90 Å². The Morgan fingerprint density at radius 3 is 2.54 bits per heavy atom. The lowest BCUT2D eigenvalue weighted by Gasteiger charge is -2.28. The Balaban J connectivity index is 1.91. The van der Waals surface area contributed by atoms with Gasteiger partial charge >= 0.3 is 5.97 Å². The van der Waals surface area contributed by atoms with Crippen LogP contribution in [0.25, 0.3) is 0 Å². The zero-order chi connectivity index (χ0) is 19.9. The van der Waals surface area contributed by atoms with Crippen LogP contribution in [-0.4, -0.2) is 29.4 Å². The monoisotopic (exact) mass is 378 g/mol. The zero-order valence-corrected chi connectivity index (χ0v) is 15.2. The highest BCUT2D eigenvalue weighted by Gasteiger charge is 2.66. The number of rotatable bonds is 4. The van der Waals surface area contributed by atoms with Gasteiger partial charge in [0.25, 0.3) is 11.4 Å². The summed E-state index contributed by atoms with van der Waals surface area (Å²) in [5.41, 5.74) is -0.160. The molecule has 0 spiro atoms. The van der Waals surface area contributed by atoms with E-state index in [4.69, 9.17) is 4.74 Å². The van der Waals surface area contributed by atoms with Crippen molar-refractivity contribution in [3.63, 3.8) is 0 Å². The summed E-state index contributed by atoms with van der Waals surface area (Å²) < 4.78 is 5.12. The first-order valence-corrected chi connectivity index (χ1v) is 9.02. The van der Waals surface area contributed by atoms with Crippen molar-refractivity contribution in [2.24, 2.45) is 0 Å². The lowest BCUT2D eigenvalue weighted by atomic mass is 9.86. The number of carbonyl (C=O) groups excluding carboxylic acids is 2. The van der Waals surface area contributed by atoms with E-state index in [2.05, 4.69) is 0 Å². The number of para-hydroxylation sites is 1. The fourth-order valence-electron chi connectivity index (χ4n) is 4.17. The number of esters is 1. The quantitative estimate of drug-likeness (QED) is 0.463. The Morgan fingerprint density at radius 2 is 1.86 bits per heavy atom. The molecule has 0 N–H and O–H groups in total. The van der Waals surface area contributed by atoms with Gasteiger partial charge in [0.15, 0.2) is 0 Å². The van der Waals surface area contributed by atoms with Gasteiger partial charge in [-0.2, -0.15) is 0 Å². The number of benzene rings is 2. The standard InChI is InChI=1S/C21H18N2O5/c1-2-28-20(25)15-12-13-21(23(26)27)16-10-6-7-11-17(16)22(18(15)21)19(24)14-8-4-3-5-9-14/h3-12,18H,2,13H2,1H3/t18-,21+/m1/s1. The number of anilines is 1. The predicted molar refractivity (Wildman–Crippen MR) is 101 cm³/mol. The lowest BCUT2D eigenvalue weighted by Crippen LogP contribution is -2.51. The molecule has 2 aromatic carbocycles. The predicted octanol–water partition coefficient (Wildman–Crippen LogP) is 3.08. The van der Waals surface area contributed by atoms with Crippen LogP contribution in [0.1, 0.15) is 29.3 Å². The van der Waals surface area contributed by atoms with E-state index < -0.39 is 17.6 Å². The Hall–Kier alpha value is -3.48. The number of carbonyl (C=O) groups is 2. The summed E-state index contributed by atoms with van der Waals surface area (Å²) in [5.74, 6) is -1.02. The Labute approximate surface area is 161 Å². The molecule has 2 aromatic rings. The maximum absolute atomic E-state index is 13.4. The first kappa shape index (κ1) is 17.9. The van der Waals surface area contributed by atoms with Crippen molar-refractivity contribution < 1.29 is 19.2 Å². The molecule has 1 heterocycles. The van der Waals surface area contributed by atoms with Gasteiger partial charge in [0.05, 0.1) is 23.4 Å². The highest BCUT2D eigenvalue weighted by Crippen LogP contribution is 2.54. The largest absolute Gasteiger partial charge is 0.463 e. The van der Waals surface area contributed by atoms with Crippen LogP contribution in [0.5, 0.6) is 0 Å². The molecule has 0 radical (unpaired) electrons. The highest BCUT2D eigenvalue weighted by atomic mass is 16.6. The van der Waals surface area contributed by atoms with E-state index in [1.165, 1.54) is 11.0 Å². The van der Waals surface area contributed by atoms with Crippen LogP contribution in [0.2, 0.25) is 0 Å². The fourth-order valence-corrected chi connectivity index (χ4v) is 4.17. The van der Waals surface area contributed by atoms with Gasteiger partial charge in [-0.05, 0) is 31.2 Å². The molecule has 4 rings (SSSR count). The topological polar surface area (TPSA) is 89.8 Å². The van der Waals surface area contributed by atoms with Crippen molar-refractivity contribution >= 4 is 17.6 Å². The van der Waals surface area contributed by atoms with Gasteiger partial charge in [-0.3, -0.25) is 19.8 Å². The minimum atomic E-state index is -1.59. The van der Waals surface area contributed by atoms with Gasteiger partial charge in [0.1, 0.15) is 6.04 Å². The first-order valence-electron chi connectivity index (χ1n) is 9.02. The van der Waals surface area contributed by atoms with Crippen LogP contribution >= 0.6 is 0 Å². The number of fused-ring (bicyclic) bond motifs is 3. The number of amides is 1. The third kappa shape index (κ3) is 2.36. The molecule has 1 amide bonds. The number of nitro groups is 1. The molecule has 2 aliphatic rings. The first-order chi connectivity index (χ1) is 13.5. The van der Waals surface area contributed by atoms with Crippen LogP contribution in [0.4, 0.5) is 5.69 Å². The molecule has 0 bridgehead atoms. The molecule has 7 nitrogen and oxygen atoms in total. The zero-order valence-electron chi connectivity index (χ0n) is 15.2. The van der Waals surface area contributed by atoms with E-state index >= 15 is 0 Å². The van der Waals surface area contributed by atoms with E-state index in [-0.39, 0.29) is 29.4 Å². The molecule has 2 atom stereocenters. The van der Waals surface area contributed by atoms with Gasteiger partial charge in [0, 0.05) is 16.9 Å². The Morgan fingerprint density at radius 1 is 1.18 bits per heavy atom. The molecule has 0 saturated heterocycles. The number of hydrogen-bond donors (Lipinski definition) is 0. The van der Waals surface area contributed by atoms with Crippen molar-refractivity contribution in [1.82, 2.24) is 0 Å². The van der Waals surface area contributed by atoms with E-state index in [1.54, 1.807) is 61.5 Å². The lowest BCUT2D eigenvalue weighted by molar-refractivity contribution is -0.577. The van der Waals surface area contributed by atoms with Crippen LogP contribution in [0, 0.1) is 10.1 Å². The molecule has 1 aliphatic heterocycles. The summed E-state index contributed by atoms with van der Waals surface area (Å²) in [6, 6.07) is 14.3. The minimum Gasteiger partial charge on any atom is -0.463 e. The summed E-state index contributed by atoms with van der Waals surface area (Å²) >= 11 is 0. The normalized spacial score (nSPS) is 22.2. The van der Waals surface area contributed by atoms with Gasteiger partial charge in [-0.15, -0.1) is 0 Å². The third-order valence-corrected chi connectivity index (χ3v) is 5.34. The molecule has 28 heavy (non-hydrogen) atoms. The van der Waals surface area contributed by atoms with Crippen LogP contribution in [-0.2, 0) is 15.1 Å². The van der Waals surface area contributed by atoms with Crippen molar-refractivity contribution in [2.45, 2.75) is 24.9 Å².